The van der Waals surface area contributed by atoms with Gasteiger partial charge in [-0.15, -0.1) is 10.2 Å². The molecule has 11 nitrogen and oxygen atoms in total. The Morgan fingerprint density at radius 3 is 2.94 bits per heavy atom. The topological polar surface area (TPSA) is 151 Å². The van der Waals surface area contributed by atoms with Crippen molar-refractivity contribution < 1.29 is 9.21 Å². The summed E-state index contributed by atoms with van der Waals surface area (Å²) in [5.41, 5.74) is 8.51. The molecule has 0 bridgehead atoms. The van der Waals surface area contributed by atoms with Gasteiger partial charge in [0.2, 0.25) is 5.89 Å². The molecule has 0 fully saturated rings. The van der Waals surface area contributed by atoms with Crippen LogP contribution in [0.15, 0.2) is 53.4 Å². The molecule has 0 spiro atoms. The highest BCUT2D eigenvalue weighted by molar-refractivity contribution is 5.98. The number of pyridine rings is 1. The highest BCUT2D eigenvalue weighted by Gasteiger charge is 2.23. The predicted molar refractivity (Wildman–Crippen MR) is 122 cm³/mol. The van der Waals surface area contributed by atoms with Crippen molar-refractivity contribution >= 4 is 22.6 Å². The monoisotopic (exact) mass is 453 g/mol. The first-order chi connectivity index (χ1) is 16.7. The van der Waals surface area contributed by atoms with Crippen LogP contribution in [0.25, 0.3) is 33.7 Å². The molecule has 1 aliphatic heterocycles. The second kappa shape index (κ2) is 8.03. The molecule has 1 aromatic carbocycles. The van der Waals surface area contributed by atoms with Crippen LogP contribution in [0.4, 0.5) is 5.82 Å². The lowest BCUT2D eigenvalue weighted by Gasteiger charge is -2.12. The smallest absolute Gasteiger partial charge is 0.274 e. The van der Waals surface area contributed by atoms with E-state index < -0.39 is 5.91 Å². The SMILES string of the molecule is Nc1nc(-c2ncco2)c(-c2ccc3ncccc3c2)nc1C(=O)NCc1nnc2n1CCC2. The van der Waals surface area contributed by atoms with Crippen LogP contribution in [0.5, 0.6) is 0 Å². The number of hydrogen-bond acceptors (Lipinski definition) is 9. The summed E-state index contributed by atoms with van der Waals surface area (Å²) in [6, 6.07) is 9.48. The number of hydrogen-bond donors (Lipinski definition) is 2. The van der Waals surface area contributed by atoms with Crippen LogP contribution >= 0.6 is 0 Å². The number of aromatic nitrogens is 7. The van der Waals surface area contributed by atoms with E-state index in [1.54, 1.807) is 6.20 Å². The maximum absolute atomic E-state index is 13.1. The summed E-state index contributed by atoms with van der Waals surface area (Å²) in [6.07, 6.45) is 6.61. The maximum Gasteiger partial charge on any atom is 0.274 e. The Morgan fingerprint density at radius 2 is 2.06 bits per heavy atom. The average molecular weight is 453 g/mol. The van der Waals surface area contributed by atoms with Crippen molar-refractivity contribution in [1.29, 1.82) is 0 Å². The summed E-state index contributed by atoms with van der Waals surface area (Å²) in [6.45, 7) is 1.06. The van der Waals surface area contributed by atoms with Crippen molar-refractivity contribution in [3.8, 4) is 22.8 Å². The minimum absolute atomic E-state index is 0.0118. The molecule has 0 saturated carbocycles. The van der Waals surface area contributed by atoms with E-state index in [9.17, 15) is 4.79 Å². The first-order valence-electron chi connectivity index (χ1n) is 10.8. The highest BCUT2D eigenvalue weighted by atomic mass is 16.3. The van der Waals surface area contributed by atoms with E-state index in [-0.39, 0.29) is 23.9 Å². The second-order valence-corrected chi connectivity index (χ2v) is 7.87. The Kier molecular flexibility index (Phi) is 4.72. The third-order valence-corrected chi connectivity index (χ3v) is 5.74. The van der Waals surface area contributed by atoms with Crippen LogP contribution in [0, 0.1) is 0 Å². The van der Waals surface area contributed by atoms with Gasteiger partial charge in [-0.1, -0.05) is 12.1 Å². The van der Waals surface area contributed by atoms with Gasteiger partial charge in [-0.3, -0.25) is 9.78 Å². The molecule has 6 rings (SSSR count). The lowest BCUT2D eigenvalue weighted by Crippen LogP contribution is -2.27. The van der Waals surface area contributed by atoms with Gasteiger partial charge in [-0.05, 0) is 24.6 Å². The number of fused-ring (bicyclic) bond motifs is 2. The number of nitrogens with one attached hydrogen (secondary N) is 1. The first kappa shape index (κ1) is 20.0. The normalized spacial score (nSPS) is 12.7. The van der Waals surface area contributed by atoms with Crippen LogP contribution in [-0.4, -0.2) is 40.6 Å². The van der Waals surface area contributed by atoms with E-state index in [2.05, 4.69) is 35.5 Å². The van der Waals surface area contributed by atoms with E-state index in [4.69, 9.17) is 10.2 Å². The third-order valence-electron chi connectivity index (χ3n) is 5.74. The molecule has 0 radical (unpaired) electrons. The Balaban J connectivity index is 1.39. The predicted octanol–water partition coefficient (Wildman–Crippen LogP) is 2.40. The molecule has 5 aromatic rings. The Morgan fingerprint density at radius 1 is 1.12 bits per heavy atom. The number of carbonyl (C=O) groups excluding carboxylic acids is 1. The van der Waals surface area contributed by atoms with Gasteiger partial charge in [0, 0.05) is 30.1 Å². The molecule has 0 atom stereocenters. The molecule has 5 heterocycles. The lowest BCUT2D eigenvalue weighted by atomic mass is 10.1. The molecule has 0 saturated heterocycles. The van der Waals surface area contributed by atoms with Gasteiger partial charge in [0.25, 0.3) is 5.91 Å². The largest absolute Gasteiger partial charge is 0.443 e. The number of rotatable bonds is 5. The van der Waals surface area contributed by atoms with Crippen molar-refractivity contribution in [2.75, 3.05) is 5.73 Å². The van der Waals surface area contributed by atoms with Crippen LogP contribution in [0.2, 0.25) is 0 Å². The third kappa shape index (κ3) is 3.43. The zero-order chi connectivity index (χ0) is 23.1. The van der Waals surface area contributed by atoms with E-state index in [0.717, 1.165) is 41.7 Å². The number of anilines is 1. The molecular formula is C23H19N9O2. The number of nitrogens with two attached hydrogens (primary N) is 1. The van der Waals surface area contributed by atoms with Gasteiger partial charge in [0.05, 0.1) is 18.3 Å². The zero-order valence-corrected chi connectivity index (χ0v) is 18.0. The first-order valence-corrected chi connectivity index (χ1v) is 10.8. The number of amides is 1. The van der Waals surface area contributed by atoms with Gasteiger partial charge in [-0.2, -0.15) is 0 Å². The molecule has 0 unspecified atom stereocenters. The van der Waals surface area contributed by atoms with E-state index >= 15 is 0 Å². The standard InChI is InChI=1S/C23H19N9O2/c24-21-20(22(33)27-12-17-31-30-16-4-2-9-32(16)17)28-18(19(29-21)23-26-8-10-34-23)14-5-6-15-13(11-14)3-1-7-25-15/h1,3,5-8,10-11H,2,4,9,12H2,(H2,24,29)(H,27,33). The summed E-state index contributed by atoms with van der Waals surface area (Å²) in [7, 11) is 0. The number of aryl methyl sites for hydroxylation is 1. The van der Waals surface area contributed by atoms with Crippen molar-refractivity contribution in [1.82, 2.24) is 40.0 Å². The Hall–Kier alpha value is -4.67. The second-order valence-electron chi connectivity index (χ2n) is 7.87. The molecule has 1 amide bonds. The fraction of sp³-hybridized carbons (Fsp3) is 0.174. The van der Waals surface area contributed by atoms with Crippen LogP contribution in [0.1, 0.15) is 28.6 Å². The van der Waals surface area contributed by atoms with Crippen molar-refractivity contribution in [3.05, 3.63) is 66.3 Å². The minimum Gasteiger partial charge on any atom is -0.443 e. The summed E-state index contributed by atoms with van der Waals surface area (Å²) in [5.74, 6) is 1.41. The Bertz CT molecular complexity index is 1530. The molecule has 4 aromatic heterocycles. The number of benzene rings is 1. The van der Waals surface area contributed by atoms with Crippen molar-refractivity contribution in [2.24, 2.45) is 0 Å². The summed E-state index contributed by atoms with van der Waals surface area (Å²) in [5, 5.41) is 12.1. The lowest BCUT2D eigenvalue weighted by molar-refractivity contribution is 0.0945. The van der Waals surface area contributed by atoms with E-state index in [1.165, 1.54) is 12.5 Å². The quantitative estimate of drug-likeness (QED) is 0.409. The van der Waals surface area contributed by atoms with Crippen LogP contribution in [-0.2, 0) is 19.5 Å². The fourth-order valence-electron chi connectivity index (χ4n) is 4.11. The van der Waals surface area contributed by atoms with Crippen LogP contribution < -0.4 is 11.1 Å². The fourth-order valence-corrected chi connectivity index (χ4v) is 4.11. The number of oxazole rings is 1. The molecule has 0 aliphatic carbocycles. The molecule has 1 aliphatic rings. The van der Waals surface area contributed by atoms with E-state index in [0.29, 0.717) is 17.2 Å². The van der Waals surface area contributed by atoms with Gasteiger partial charge < -0.3 is 20.0 Å². The van der Waals surface area contributed by atoms with Gasteiger partial charge in [0.1, 0.15) is 17.8 Å². The summed E-state index contributed by atoms with van der Waals surface area (Å²) < 4.78 is 7.49. The number of nitrogens with zero attached hydrogens (tertiary/aromatic N) is 7. The molecule has 34 heavy (non-hydrogen) atoms. The van der Waals surface area contributed by atoms with Crippen LogP contribution in [0.3, 0.4) is 0 Å². The van der Waals surface area contributed by atoms with E-state index in [1.807, 2.05) is 34.9 Å². The molecule has 3 N–H and O–H groups in total. The highest BCUT2D eigenvalue weighted by Crippen LogP contribution is 2.31. The van der Waals surface area contributed by atoms with Crippen molar-refractivity contribution in [2.45, 2.75) is 25.9 Å². The van der Waals surface area contributed by atoms with Gasteiger partial charge >= 0.3 is 0 Å². The molecule has 11 heteroatoms. The number of carbonyl (C=O) groups is 1. The summed E-state index contributed by atoms with van der Waals surface area (Å²) in [4.78, 5) is 30.7. The van der Waals surface area contributed by atoms with Gasteiger partial charge in [-0.25, -0.2) is 15.0 Å². The maximum atomic E-state index is 13.1. The van der Waals surface area contributed by atoms with Crippen molar-refractivity contribution in [3.63, 3.8) is 0 Å². The number of nitrogen functional groups attached to an aromatic ring is 1. The molecular weight excluding hydrogens is 434 g/mol. The molecule has 168 valence electrons. The minimum atomic E-state index is -0.456. The Labute approximate surface area is 193 Å². The summed E-state index contributed by atoms with van der Waals surface area (Å²) >= 11 is 0. The average Bonchev–Trinajstić information content (AvgIpc) is 3.62. The van der Waals surface area contributed by atoms with Gasteiger partial charge in [0.15, 0.2) is 23.0 Å². The zero-order valence-electron chi connectivity index (χ0n) is 18.0.